The van der Waals surface area contributed by atoms with E-state index in [-0.39, 0.29) is 10.4 Å². The highest BCUT2D eigenvalue weighted by molar-refractivity contribution is 7.89. The molecule has 2 bridgehead atoms. The third-order valence-corrected chi connectivity index (χ3v) is 5.36. The Bertz CT molecular complexity index is 529. The second-order valence-corrected chi connectivity index (χ2v) is 6.58. The highest BCUT2D eigenvalue weighted by atomic mass is 32.2. The summed E-state index contributed by atoms with van der Waals surface area (Å²) in [6, 6.07) is 0. The first-order valence-corrected chi connectivity index (χ1v) is 7.16. The molecule has 2 aliphatic heterocycles. The van der Waals surface area contributed by atoms with Gasteiger partial charge < -0.3 is 9.42 Å². The monoisotopic (exact) mass is 257 g/mol. The Morgan fingerprint density at radius 1 is 1.47 bits per heavy atom. The van der Waals surface area contributed by atoms with Gasteiger partial charge in [0, 0.05) is 25.2 Å². The summed E-state index contributed by atoms with van der Waals surface area (Å²) in [5, 5.41) is 3.61. The van der Waals surface area contributed by atoms with Gasteiger partial charge in [0.25, 0.3) is 0 Å². The van der Waals surface area contributed by atoms with Crippen LogP contribution in [0.15, 0.2) is 15.7 Å². The van der Waals surface area contributed by atoms with E-state index in [1.807, 2.05) is 0 Å². The van der Waals surface area contributed by atoms with Crippen molar-refractivity contribution >= 4 is 10.0 Å². The van der Waals surface area contributed by atoms with Crippen LogP contribution >= 0.6 is 0 Å². The molecular weight excluding hydrogens is 242 g/mol. The molecule has 0 spiro atoms. The largest absolute Gasteiger partial charge is 0.363 e. The number of fused-ring (bicyclic) bond motifs is 2. The Kier molecular flexibility index (Phi) is 2.33. The summed E-state index contributed by atoms with van der Waals surface area (Å²) >= 11 is 0. The molecule has 0 radical (unpaired) electrons. The number of sulfonamides is 1. The molecule has 0 aliphatic carbocycles. The van der Waals surface area contributed by atoms with E-state index < -0.39 is 10.0 Å². The fraction of sp³-hybridized carbons (Fsp3) is 0.700. The summed E-state index contributed by atoms with van der Waals surface area (Å²) in [5.41, 5.74) is 0.129. The van der Waals surface area contributed by atoms with Crippen molar-refractivity contribution in [3.8, 4) is 0 Å². The molecule has 2 saturated heterocycles. The Hall–Kier alpha value is -0.920. The molecule has 17 heavy (non-hydrogen) atoms. The molecule has 7 heteroatoms. The zero-order chi connectivity index (χ0) is 12.1. The normalized spacial score (nSPS) is 32.2. The zero-order valence-electron chi connectivity index (χ0n) is 9.64. The number of aromatic nitrogens is 1. The van der Waals surface area contributed by atoms with E-state index in [1.165, 1.54) is 6.26 Å². The molecule has 2 fully saturated rings. The number of aryl methyl sites for hydroxylation is 1. The summed E-state index contributed by atoms with van der Waals surface area (Å²) in [7, 11) is -3.51. The zero-order valence-corrected chi connectivity index (χ0v) is 10.5. The first kappa shape index (κ1) is 11.2. The van der Waals surface area contributed by atoms with Gasteiger partial charge in [0.05, 0.1) is 0 Å². The molecule has 94 valence electrons. The summed E-state index contributed by atoms with van der Waals surface area (Å²) < 4.78 is 32.0. The lowest BCUT2D eigenvalue weighted by Crippen LogP contribution is -2.47. The maximum Gasteiger partial charge on any atom is 0.246 e. The predicted octanol–water partition coefficient (Wildman–Crippen LogP) is 0.110. The van der Waals surface area contributed by atoms with Gasteiger partial charge in [-0.3, -0.25) is 0 Å². The average Bonchev–Trinajstić information content (AvgIpc) is 2.91. The molecule has 3 heterocycles. The maximum absolute atomic E-state index is 12.2. The van der Waals surface area contributed by atoms with Gasteiger partial charge in [0.15, 0.2) is 0 Å². The van der Waals surface area contributed by atoms with Gasteiger partial charge in [-0.25, -0.2) is 13.1 Å². The van der Waals surface area contributed by atoms with E-state index in [9.17, 15) is 8.42 Å². The predicted molar refractivity (Wildman–Crippen MR) is 60.0 cm³/mol. The topological polar surface area (TPSA) is 75.4 Å². The van der Waals surface area contributed by atoms with Gasteiger partial charge >= 0.3 is 0 Å². The minimum Gasteiger partial charge on any atom is -0.363 e. The van der Waals surface area contributed by atoms with E-state index in [0.717, 1.165) is 32.5 Å². The van der Waals surface area contributed by atoms with Crippen LogP contribution < -0.4 is 4.72 Å². The molecule has 0 unspecified atom stereocenters. The number of rotatable bonds is 3. The molecular formula is C10H15N3O3S. The molecule has 3 rings (SSSR count). The van der Waals surface area contributed by atoms with Crippen molar-refractivity contribution in [2.75, 3.05) is 19.6 Å². The second-order valence-electron chi connectivity index (χ2n) is 4.93. The van der Waals surface area contributed by atoms with E-state index in [2.05, 4.69) is 14.8 Å². The van der Waals surface area contributed by atoms with Crippen molar-refractivity contribution in [2.45, 2.75) is 30.2 Å². The van der Waals surface area contributed by atoms with Crippen LogP contribution in [0.3, 0.4) is 0 Å². The summed E-state index contributed by atoms with van der Waals surface area (Å²) in [4.78, 5) is 2.43. The lowest BCUT2D eigenvalue weighted by atomic mass is 9.97. The van der Waals surface area contributed by atoms with E-state index in [4.69, 9.17) is 4.52 Å². The van der Waals surface area contributed by atoms with Crippen molar-refractivity contribution in [1.29, 1.82) is 0 Å². The third-order valence-electron chi connectivity index (χ3n) is 3.69. The molecule has 1 N–H and O–H groups in total. The lowest BCUT2D eigenvalue weighted by molar-refractivity contribution is 0.359. The first-order chi connectivity index (χ1) is 8.01. The van der Waals surface area contributed by atoms with Crippen LogP contribution in [0, 0.1) is 6.92 Å². The Morgan fingerprint density at radius 3 is 2.65 bits per heavy atom. The van der Waals surface area contributed by atoms with Gasteiger partial charge in [0.2, 0.25) is 10.0 Å². The fourth-order valence-corrected chi connectivity index (χ4v) is 4.29. The van der Waals surface area contributed by atoms with Crippen molar-refractivity contribution < 1.29 is 12.9 Å². The summed E-state index contributed by atoms with van der Waals surface area (Å²) in [5.74, 6) is 0. The van der Waals surface area contributed by atoms with Crippen LogP contribution in [-0.4, -0.2) is 43.6 Å². The molecule has 2 aliphatic rings. The van der Waals surface area contributed by atoms with Crippen molar-refractivity contribution in [1.82, 2.24) is 14.8 Å². The van der Waals surface area contributed by atoms with Gasteiger partial charge in [-0.15, -0.1) is 0 Å². The van der Waals surface area contributed by atoms with E-state index >= 15 is 0 Å². The second kappa shape index (κ2) is 3.54. The minimum atomic E-state index is -3.51. The number of hydrogen-bond acceptors (Lipinski definition) is 5. The SMILES string of the molecule is Cc1nocc1S(=O)(=O)NC12CCN(CC1)C2. The summed E-state index contributed by atoms with van der Waals surface area (Å²) in [6.07, 6.45) is 2.96. The van der Waals surface area contributed by atoms with Gasteiger partial charge in [-0.05, 0) is 19.8 Å². The van der Waals surface area contributed by atoms with E-state index in [0.29, 0.717) is 5.69 Å². The maximum atomic E-state index is 12.2. The van der Waals surface area contributed by atoms with Crippen LogP contribution in [0.4, 0.5) is 0 Å². The molecule has 6 nitrogen and oxygen atoms in total. The number of nitrogens with zero attached hydrogens (tertiary/aromatic N) is 2. The van der Waals surface area contributed by atoms with Crippen molar-refractivity contribution in [3.63, 3.8) is 0 Å². The standard InChI is InChI=1S/C10H15N3O3S/c1-8-9(6-16-11-8)17(14,15)12-10-2-4-13(7-10)5-3-10/h6,12H,2-5,7H2,1H3. The van der Waals surface area contributed by atoms with Gasteiger partial charge in [-0.2, -0.15) is 0 Å². The third kappa shape index (κ3) is 1.78. The highest BCUT2D eigenvalue weighted by Crippen LogP contribution is 2.33. The molecule has 0 aromatic carbocycles. The average molecular weight is 257 g/mol. The van der Waals surface area contributed by atoms with Crippen LogP contribution in [0.25, 0.3) is 0 Å². The fourth-order valence-electron chi connectivity index (χ4n) is 2.74. The smallest absolute Gasteiger partial charge is 0.246 e. The number of piperidine rings is 1. The molecule has 0 amide bonds. The Balaban J connectivity index is 1.88. The highest BCUT2D eigenvalue weighted by Gasteiger charge is 2.46. The molecule has 0 saturated carbocycles. The van der Waals surface area contributed by atoms with Crippen molar-refractivity contribution in [2.24, 2.45) is 0 Å². The molecule has 1 aromatic heterocycles. The Labute approximate surface area is 100 Å². The lowest BCUT2D eigenvalue weighted by Gasteiger charge is -2.25. The summed E-state index contributed by atoms with van der Waals surface area (Å²) in [6.45, 7) is 4.40. The first-order valence-electron chi connectivity index (χ1n) is 5.68. The van der Waals surface area contributed by atoms with Crippen LogP contribution in [0.2, 0.25) is 0 Å². The number of nitrogens with one attached hydrogen (secondary N) is 1. The van der Waals surface area contributed by atoms with Gasteiger partial charge in [0.1, 0.15) is 16.9 Å². The van der Waals surface area contributed by atoms with Crippen LogP contribution in [-0.2, 0) is 10.0 Å². The Morgan fingerprint density at radius 2 is 2.18 bits per heavy atom. The van der Waals surface area contributed by atoms with Gasteiger partial charge in [-0.1, -0.05) is 5.16 Å². The van der Waals surface area contributed by atoms with Crippen molar-refractivity contribution in [3.05, 3.63) is 12.0 Å². The van der Waals surface area contributed by atoms with Crippen LogP contribution in [0.5, 0.6) is 0 Å². The van der Waals surface area contributed by atoms with Crippen LogP contribution in [0.1, 0.15) is 18.5 Å². The molecule has 1 aromatic rings. The minimum absolute atomic E-state index is 0.150. The number of hydrogen-bond donors (Lipinski definition) is 1. The molecule has 0 atom stereocenters. The van der Waals surface area contributed by atoms with E-state index in [1.54, 1.807) is 6.92 Å². The quantitative estimate of drug-likeness (QED) is 0.831.